The Morgan fingerprint density at radius 1 is 1.19 bits per heavy atom. The molecule has 104 valence electrons. The molecule has 0 aliphatic carbocycles. The molecular formula is C14H10N4O3. The third kappa shape index (κ3) is 2.57. The Kier molecular flexibility index (Phi) is 3.07. The number of nitrogens with two attached hydrogens (primary N) is 1. The van der Waals surface area contributed by atoms with E-state index >= 15 is 0 Å². The van der Waals surface area contributed by atoms with Crippen molar-refractivity contribution in [3.05, 3.63) is 58.8 Å². The van der Waals surface area contributed by atoms with Crippen LogP contribution in [0.3, 0.4) is 0 Å². The summed E-state index contributed by atoms with van der Waals surface area (Å²) >= 11 is 0. The highest BCUT2D eigenvalue weighted by Gasteiger charge is 2.13. The number of pyridine rings is 2. The molecule has 0 bridgehead atoms. The van der Waals surface area contributed by atoms with Gasteiger partial charge in [0.2, 0.25) is 11.7 Å². The lowest BCUT2D eigenvalue weighted by atomic mass is 10.2. The number of aromatic nitrogens is 2. The Morgan fingerprint density at radius 3 is 2.81 bits per heavy atom. The second kappa shape index (κ2) is 5.04. The van der Waals surface area contributed by atoms with Gasteiger partial charge in [0.25, 0.3) is 0 Å². The zero-order valence-corrected chi connectivity index (χ0v) is 10.8. The Morgan fingerprint density at radius 2 is 2.05 bits per heavy atom. The maximum absolute atomic E-state index is 10.7. The Bertz CT molecular complexity index is 835. The number of fused-ring (bicyclic) bond motifs is 1. The zero-order chi connectivity index (χ0) is 14.8. The monoisotopic (exact) mass is 282 g/mol. The van der Waals surface area contributed by atoms with Gasteiger partial charge in [0.1, 0.15) is 5.75 Å². The standard InChI is InChI=1S/C14H10N4O3/c15-14-12(18(19)20)5-6-13(17-14)21-10-4-3-9-2-1-7-16-11(9)8-10/h1-8H,(H2,15,17). The van der Waals surface area contributed by atoms with Crippen LogP contribution in [0.4, 0.5) is 11.5 Å². The predicted molar refractivity (Wildman–Crippen MR) is 77.1 cm³/mol. The number of rotatable bonds is 3. The van der Waals surface area contributed by atoms with Crippen LogP contribution in [-0.4, -0.2) is 14.9 Å². The highest BCUT2D eigenvalue weighted by Crippen LogP contribution is 2.27. The Labute approximate surface area is 119 Å². The van der Waals surface area contributed by atoms with Crippen LogP contribution in [0.1, 0.15) is 0 Å². The molecule has 0 fully saturated rings. The molecule has 2 aromatic heterocycles. The van der Waals surface area contributed by atoms with Crippen LogP contribution < -0.4 is 10.5 Å². The van der Waals surface area contributed by atoms with Gasteiger partial charge in [-0.3, -0.25) is 15.1 Å². The van der Waals surface area contributed by atoms with Crippen LogP contribution in [0.2, 0.25) is 0 Å². The number of ether oxygens (including phenoxy) is 1. The molecule has 7 heteroatoms. The van der Waals surface area contributed by atoms with Crippen molar-refractivity contribution in [1.82, 2.24) is 9.97 Å². The number of benzene rings is 1. The lowest BCUT2D eigenvalue weighted by Gasteiger charge is -2.06. The first-order valence-electron chi connectivity index (χ1n) is 6.07. The molecule has 0 aliphatic rings. The minimum Gasteiger partial charge on any atom is -0.439 e. The minimum atomic E-state index is -0.591. The molecule has 21 heavy (non-hydrogen) atoms. The Balaban J connectivity index is 1.91. The van der Waals surface area contributed by atoms with Crippen LogP contribution in [0.5, 0.6) is 11.6 Å². The summed E-state index contributed by atoms with van der Waals surface area (Å²) in [6.45, 7) is 0. The van der Waals surface area contributed by atoms with Gasteiger partial charge in [-0.25, -0.2) is 0 Å². The molecule has 0 saturated carbocycles. The van der Waals surface area contributed by atoms with Crippen molar-refractivity contribution in [2.75, 3.05) is 5.73 Å². The van der Waals surface area contributed by atoms with Crippen LogP contribution in [0.25, 0.3) is 10.9 Å². The molecule has 3 rings (SSSR count). The summed E-state index contributed by atoms with van der Waals surface area (Å²) in [6.07, 6.45) is 1.69. The number of hydrogen-bond acceptors (Lipinski definition) is 6. The van der Waals surface area contributed by atoms with E-state index in [0.29, 0.717) is 5.75 Å². The van der Waals surface area contributed by atoms with Gasteiger partial charge in [-0.15, -0.1) is 0 Å². The maximum atomic E-state index is 10.7. The molecule has 7 nitrogen and oxygen atoms in total. The normalized spacial score (nSPS) is 10.5. The average molecular weight is 282 g/mol. The minimum absolute atomic E-state index is 0.184. The third-order valence-corrected chi connectivity index (χ3v) is 2.87. The first kappa shape index (κ1) is 12.8. The molecule has 0 atom stereocenters. The van der Waals surface area contributed by atoms with Gasteiger partial charge in [0.15, 0.2) is 0 Å². The van der Waals surface area contributed by atoms with Crippen molar-refractivity contribution in [2.24, 2.45) is 0 Å². The van der Waals surface area contributed by atoms with E-state index in [4.69, 9.17) is 10.5 Å². The van der Waals surface area contributed by atoms with Gasteiger partial charge >= 0.3 is 5.69 Å². The number of nitro groups is 1. The molecule has 0 radical (unpaired) electrons. The van der Waals surface area contributed by atoms with E-state index in [-0.39, 0.29) is 17.4 Å². The fourth-order valence-corrected chi connectivity index (χ4v) is 1.89. The number of nitrogen functional groups attached to an aromatic ring is 1. The number of hydrogen-bond donors (Lipinski definition) is 1. The zero-order valence-electron chi connectivity index (χ0n) is 10.8. The van der Waals surface area contributed by atoms with E-state index in [9.17, 15) is 10.1 Å². The van der Waals surface area contributed by atoms with Gasteiger partial charge in [0.05, 0.1) is 10.4 Å². The number of anilines is 1. The topological polar surface area (TPSA) is 104 Å². The summed E-state index contributed by atoms with van der Waals surface area (Å²) in [5, 5.41) is 11.7. The summed E-state index contributed by atoms with van der Waals surface area (Å²) in [5.41, 5.74) is 6.06. The van der Waals surface area contributed by atoms with Crippen LogP contribution in [-0.2, 0) is 0 Å². The summed E-state index contributed by atoms with van der Waals surface area (Å²) in [4.78, 5) is 18.2. The third-order valence-electron chi connectivity index (χ3n) is 2.87. The molecule has 0 aliphatic heterocycles. The molecule has 2 N–H and O–H groups in total. The van der Waals surface area contributed by atoms with E-state index in [2.05, 4.69) is 9.97 Å². The SMILES string of the molecule is Nc1nc(Oc2ccc3cccnc3c2)ccc1[N+](=O)[O-]. The van der Waals surface area contributed by atoms with Gasteiger partial charge < -0.3 is 10.5 Å². The van der Waals surface area contributed by atoms with E-state index in [0.717, 1.165) is 10.9 Å². The fraction of sp³-hybridized carbons (Fsp3) is 0. The first-order valence-corrected chi connectivity index (χ1v) is 6.07. The highest BCUT2D eigenvalue weighted by molar-refractivity contribution is 5.79. The van der Waals surface area contributed by atoms with E-state index in [1.54, 1.807) is 18.3 Å². The van der Waals surface area contributed by atoms with Gasteiger partial charge in [-0.05, 0) is 18.2 Å². The van der Waals surface area contributed by atoms with Gasteiger partial charge in [-0.2, -0.15) is 4.98 Å². The van der Waals surface area contributed by atoms with Gasteiger partial charge in [0, 0.05) is 29.8 Å². The number of nitrogens with zero attached hydrogens (tertiary/aromatic N) is 3. The van der Waals surface area contributed by atoms with E-state index < -0.39 is 4.92 Å². The quantitative estimate of drug-likeness (QED) is 0.585. The van der Waals surface area contributed by atoms with E-state index in [1.807, 2.05) is 18.2 Å². The maximum Gasteiger partial charge on any atom is 0.311 e. The average Bonchev–Trinajstić information content (AvgIpc) is 2.47. The smallest absolute Gasteiger partial charge is 0.311 e. The van der Waals surface area contributed by atoms with Crippen molar-refractivity contribution in [2.45, 2.75) is 0 Å². The molecular weight excluding hydrogens is 272 g/mol. The molecule has 0 saturated heterocycles. The molecule has 3 aromatic rings. The van der Waals surface area contributed by atoms with Crippen molar-refractivity contribution in [3.8, 4) is 11.6 Å². The second-order valence-electron chi connectivity index (χ2n) is 4.27. The van der Waals surface area contributed by atoms with Gasteiger partial charge in [-0.1, -0.05) is 6.07 Å². The van der Waals surface area contributed by atoms with Crippen LogP contribution >= 0.6 is 0 Å². The highest BCUT2D eigenvalue weighted by atomic mass is 16.6. The lowest BCUT2D eigenvalue weighted by molar-refractivity contribution is -0.384. The predicted octanol–water partition coefficient (Wildman–Crippen LogP) is 2.91. The summed E-state index contributed by atoms with van der Waals surface area (Å²) in [7, 11) is 0. The lowest BCUT2D eigenvalue weighted by Crippen LogP contribution is -1.99. The molecule has 1 aromatic carbocycles. The van der Waals surface area contributed by atoms with Crippen molar-refractivity contribution >= 4 is 22.4 Å². The molecule has 0 spiro atoms. The molecule has 2 heterocycles. The Hall–Kier alpha value is -3.22. The molecule has 0 unspecified atom stereocenters. The summed E-state index contributed by atoms with van der Waals surface area (Å²) < 4.78 is 5.55. The second-order valence-corrected chi connectivity index (χ2v) is 4.27. The molecule has 0 amide bonds. The summed E-state index contributed by atoms with van der Waals surface area (Å²) in [6, 6.07) is 11.8. The van der Waals surface area contributed by atoms with Crippen LogP contribution in [0.15, 0.2) is 48.7 Å². The van der Waals surface area contributed by atoms with Crippen LogP contribution in [0, 0.1) is 10.1 Å². The first-order chi connectivity index (χ1) is 10.1. The summed E-state index contributed by atoms with van der Waals surface area (Å²) in [5.74, 6) is 0.534. The van der Waals surface area contributed by atoms with E-state index in [1.165, 1.54) is 12.1 Å². The fourth-order valence-electron chi connectivity index (χ4n) is 1.89. The van der Waals surface area contributed by atoms with Crippen molar-refractivity contribution < 1.29 is 9.66 Å². The van der Waals surface area contributed by atoms with Crippen molar-refractivity contribution in [3.63, 3.8) is 0 Å². The van der Waals surface area contributed by atoms with Crippen molar-refractivity contribution in [1.29, 1.82) is 0 Å². The largest absolute Gasteiger partial charge is 0.439 e.